The van der Waals surface area contributed by atoms with E-state index in [4.69, 9.17) is 0 Å². The molecule has 4 heteroatoms. The van der Waals surface area contributed by atoms with Gasteiger partial charge in [-0.05, 0) is 58.6 Å². The molecule has 2 aliphatic rings. The Balaban J connectivity index is 1.42. The van der Waals surface area contributed by atoms with Crippen LogP contribution in [-0.2, 0) is 0 Å². The molecule has 0 fully saturated rings. The summed E-state index contributed by atoms with van der Waals surface area (Å²) in [7, 11) is 0. The average molecular weight is 589 g/mol. The number of anilines is 2. The van der Waals surface area contributed by atoms with Crippen molar-refractivity contribution >= 4 is 93.2 Å². The Kier molecular flexibility index (Phi) is 4.51. The number of hydrogen-bond donors (Lipinski definition) is 0. The van der Waals surface area contributed by atoms with Gasteiger partial charge in [-0.3, -0.25) is 0 Å². The molecular formula is C41H25BN2S. The summed E-state index contributed by atoms with van der Waals surface area (Å²) >= 11 is 1.93. The fraction of sp³-hybridized carbons (Fsp3) is 0.0244. The first-order valence-corrected chi connectivity index (χ1v) is 16.5. The maximum atomic E-state index is 2.69. The van der Waals surface area contributed by atoms with Crippen molar-refractivity contribution in [3.63, 3.8) is 0 Å². The van der Waals surface area contributed by atoms with Gasteiger partial charge in [0, 0.05) is 42.9 Å². The lowest BCUT2D eigenvalue weighted by atomic mass is 9.43. The molecule has 0 aliphatic carbocycles. The standard InChI is InChI=1S/C41H25BN2S/c1-24-11-2-7-18-34(24)44-40-30(21-22-31-28-15-6-9-20-36(28)45-41(31)40)32-23-25-12-3-4-13-26(25)39-37(32)42(44)33-17-10-16-29-27-14-5-8-19-35(27)43(39)38(29)33/h2-23H,1H3. The molecule has 2 aliphatic heterocycles. The maximum Gasteiger partial charge on any atom is 0.333 e. The Morgan fingerprint density at radius 1 is 0.578 bits per heavy atom. The van der Waals surface area contributed by atoms with Crippen molar-refractivity contribution in [2.24, 2.45) is 0 Å². The topological polar surface area (TPSA) is 8.17 Å². The van der Waals surface area contributed by atoms with Crippen LogP contribution in [0.3, 0.4) is 0 Å². The second kappa shape index (κ2) is 8.44. The van der Waals surface area contributed by atoms with Crippen LogP contribution in [0.5, 0.6) is 0 Å². The fourth-order valence-corrected chi connectivity index (χ4v) is 9.71. The van der Waals surface area contributed by atoms with E-state index in [2.05, 4.69) is 150 Å². The van der Waals surface area contributed by atoms with Gasteiger partial charge in [0.15, 0.2) is 0 Å². The van der Waals surface area contributed by atoms with Crippen LogP contribution in [0.1, 0.15) is 5.56 Å². The van der Waals surface area contributed by atoms with E-state index in [1.54, 1.807) is 0 Å². The Morgan fingerprint density at radius 3 is 2.24 bits per heavy atom. The first-order valence-electron chi connectivity index (χ1n) is 15.7. The fourth-order valence-electron chi connectivity index (χ4n) is 8.46. The Bertz CT molecular complexity index is 2750. The lowest BCUT2D eigenvalue weighted by molar-refractivity contribution is 1.20. The van der Waals surface area contributed by atoms with E-state index in [-0.39, 0.29) is 6.85 Å². The number of aromatic nitrogens is 1. The Morgan fingerprint density at radius 2 is 1.33 bits per heavy atom. The van der Waals surface area contributed by atoms with Crippen LogP contribution in [0.15, 0.2) is 133 Å². The summed E-state index contributed by atoms with van der Waals surface area (Å²) in [4.78, 5) is 2.69. The Labute approximate surface area is 264 Å². The molecule has 0 N–H and O–H groups in total. The molecule has 2 aromatic heterocycles. The summed E-state index contributed by atoms with van der Waals surface area (Å²) in [5.41, 5.74) is 13.2. The van der Waals surface area contributed by atoms with E-state index >= 15 is 0 Å². The molecule has 0 amide bonds. The smallest absolute Gasteiger partial charge is 0.333 e. The number of para-hydroxylation sites is 3. The van der Waals surface area contributed by atoms with E-state index in [9.17, 15) is 0 Å². The molecule has 0 spiro atoms. The van der Waals surface area contributed by atoms with E-state index < -0.39 is 0 Å². The number of thiophene rings is 1. The normalized spacial score (nSPS) is 13.4. The zero-order valence-corrected chi connectivity index (χ0v) is 25.4. The molecule has 0 radical (unpaired) electrons. The van der Waals surface area contributed by atoms with Gasteiger partial charge in [-0.15, -0.1) is 11.3 Å². The first-order chi connectivity index (χ1) is 22.3. The molecule has 0 unspecified atom stereocenters. The molecular weight excluding hydrogens is 563 g/mol. The molecule has 0 atom stereocenters. The number of nitrogens with zero attached hydrogens (tertiary/aromatic N) is 2. The van der Waals surface area contributed by atoms with Crippen molar-refractivity contribution in [3.05, 3.63) is 139 Å². The van der Waals surface area contributed by atoms with Crippen molar-refractivity contribution in [1.82, 2.24) is 4.57 Å². The lowest BCUT2D eigenvalue weighted by Crippen LogP contribution is -2.60. The molecule has 208 valence electrons. The SMILES string of the molecule is Cc1ccccc1N1B2c3c(cc4ccccc4c3-n3c4ccccc4c4cccc2c43)-c2ccc3c(sc4ccccc43)c21. The predicted molar refractivity (Wildman–Crippen MR) is 195 cm³/mol. The number of aryl methyl sites for hydroxylation is 1. The molecule has 0 bridgehead atoms. The van der Waals surface area contributed by atoms with Crippen LogP contribution < -0.4 is 15.7 Å². The minimum Gasteiger partial charge on any atom is -0.375 e. The maximum absolute atomic E-state index is 2.69. The highest BCUT2D eigenvalue weighted by atomic mass is 32.1. The van der Waals surface area contributed by atoms with Gasteiger partial charge in [0.25, 0.3) is 0 Å². The monoisotopic (exact) mass is 588 g/mol. The van der Waals surface area contributed by atoms with E-state index in [0.29, 0.717) is 0 Å². The number of hydrogen-bond acceptors (Lipinski definition) is 2. The largest absolute Gasteiger partial charge is 0.375 e. The van der Waals surface area contributed by atoms with Crippen molar-refractivity contribution in [2.75, 3.05) is 4.81 Å². The molecule has 2 nitrogen and oxygen atoms in total. The first kappa shape index (κ1) is 24.1. The third kappa shape index (κ3) is 2.91. The summed E-state index contributed by atoms with van der Waals surface area (Å²) in [5, 5.41) is 7.87. The van der Waals surface area contributed by atoms with E-state index in [1.807, 2.05) is 11.3 Å². The minimum absolute atomic E-state index is 0.0181. The predicted octanol–water partition coefficient (Wildman–Crippen LogP) is 9.85. The quantitative estimate of drug-likeness (QED) is 0.173. The zero-order valence-electron chi connectivity index (χ0n) is 24.6. The van der Waals surface area contributed by atoms with Crippen LogP contribution in [0, 0.1) is 6.92 Å². The molecule has 45 heavy (non-hydrogen) atoms. The van der Waals surface area contributed by atoms with Crippen molar-refractivity contribution in [1.29, 1.82) is 0 Å². The van der Waals surface area contributed by atoms with Crippen LogP contribution in [0.2, 0.25) is 0 Å². The summed E-state index contributed by atoms with van der Waals surface area (Å²) in [6.07, 6.45) is 0. The highest BCUT2D eigenvalue weighted by Gasteiger charge is 2.45. The van der Waals surface area contributed by atoms with Gasteiger partial charge in [-0.2, -0.15) is 0 Å². The minimum atomic E-state index is 0.0181. The molecule has 9 aromatic rings. The van der Waals surface area contributed by atoms with Crippen LogP contribution in [-0.4, -0.2) is 11.4 Å². The summed E-state index contributed by atoms with van der Waals surface area (Å²) < 4.78 is 5.27. The van der Waals surface area contributed by atoms with Gasteiger partial charge >= 0.3 is 6.85 Å². The van der Waals surface area contributed by atoms with Crippen molar-refractivity contribution in [2.45, 2.75) is 6.92 Å². The third-order valence-electron chi connectivity index (χ3n) is 10.3. The van der Waals surface area contributed by atoms with Crippen molar-refractivity contribution in [3.8, 4) is 16.8 Å². The number of fused-ring (bicyclic) bond motifs is 13. The van der Waals surface area contributed by atoms with Gasteiger partial charge < -0.3 is 9.38 Å². The second-order valence-corrected chi connectivity index (χ2v) is 13.6. The third-order valence-corrected chi connectivity index (χ3v) is 11.5. The van der Waals surface area contributed by atoms with Gasteiger partial charge in [0.2, 0.25) is 0 Å². The van der Waals surface area contributed by atoms with E-state index in [0.717, 1.165) is 0 Å². The molecule has 0 saturated carbocycles. The van der Waals surface area contributed by atoms with Crippen LogP contribution in [0.25, 0.3) is 69.6 Å². The molecule has 0 saturated heterocycles. The van der Waals surface area contributed by atoms with Gasteiger partial charge in [0.05, 0.1) is 27.1 Å². The van der Waals surface area contributed by atoms with Crippen LogP contribution >= 0.6 is 11.3 Å². The number of benzene rings is 7. The van der Waals surface area contributed by atoms with Gasteiger partial charge in [0.1, 0.15) is 0 Å². The summed E-state index contributed by atoms with van der Waals surface area (Å²) in [6, 6.07) is 49.9. The Hall–Kier alpha value is -5.32. The summed E-state index contributed by atoms with van der Waals surface area (Å²) in [6.45, 7) is 2.28. The highest BCUT2D eigenvalue weighted by Crippen LogP contribution is 2.51. The molecule has 4 heterocycles. The van der Waals surface area contributed by atoms with Gasteiger partial charge in [-0.1, -0.05) is 109 Å². The van der Waals surface area contributed by atoms with Crippen molar-refractivity contribution < 1.29 is 0 Å². The molecule has 7 aromatic carbocycles. The summed E-state index contributed by atoms with van der Waals surface area (Å²) in [5.74, 6) is 0. The average Bonchev–Trinajstić information content (AvgIpc) is 3.63. The zero-order chi connectivity index (χ0) is 29.4. The number of rotatable bonds is 1. The second-order valence-electron chi connectivity index (χ2n) is 12.5. The highest BCUT2D eigenvalue weighted by molar-refractivity contribution is 7.26. The lowest BCUT2D eigenvalue weighted by Gasteiger charge is -2.43. The van der Waals surface area contributed by atoms with E-state index in [1.165, 1.54) is 97.4 Å². The van der Waals surface area contributed by atoms with Gasteiger partial charge in [-0.25, -0.2) is 0 Å². The van der Waals surface area contributed by atoms with Crippen LogP contribution in [0.4, 0.5) is 11.4 Å². The molecule has 11 rings (SSSR count).